The fraction of sp³-hybridized carbons (Fsp3) is 0.0769. The van der Waals surface area contributed by atoms with E-state index in [1.165, 1.54) is 0 Å². The molecule has 1 aromatic carbocycles. The minimum absolute atomic E-state index is 0.0269. The third-order valence-corrected chi connectivity index (χ3v) is 2.97. The monoisotopic (exact) mass is 264 g/mol. The van der Waals surface area contributed by atoms with Crippen LogP contribution in [0.3, 0.4) is 0 Å². The number of aryl methyl sites for hydroxylation is 1. The van der Waals surface area contributed by atoms with E-state index in [-0.39, 0.29) is 22.1 Å². The highest BCUT2D eigenvalue weighted by Crippen LogP contribution is 2.31. The minimum atomic E-state index is -0.713. The van der Waals surface area contributed by atoms with E-state index >= 15 is 0 Å². The number of hydrogen-bond donors (Lipinski definition) is 1. The average molecular weight is 265 g/mol. The molecule has 3 nitrogen and oxygen atoms in total. The summed E-state index contributed by atoms with van der Waals surface area (Å²) in [6.45, 7) is 1.92. The molecule has 92 valence electrons. The van der Waals surface area contributed by atoms with E-state index in [1.807, 2.05) is 19.1 Å². The van der Waals surface area contributed by atoms with Gasteiger partial charge in [0.15, 0.2) is 12.1 Å². The average Bonchev–Trinajstić information content (AvgIpc) is 2.38. The lowest BCUT2D eigenvalue weighted by Gasteiger charge is -2.08. The summed E-state index contributed by atoms with van der Waals surface area (Å²) in [7, 11) is 0. The third-order valence-electron chi connectivity index (χ3n) is 2.57. The molecule has 0 aliphatic heterocycles. The van der Waals surface area contributed by atoms with E-state index in [0.717, 1.165) is 5.56 Å². The van der Waals surface area contributed by atoms with Crippen molar-refractivity contribution in [2.45, 2.75) is 6.92 Å². The van der Waals surface area contributed by atoms with Crippen LogP contribution in [0.2, 0.25) is 5.02 Å². The molecule has 1 aromatic heterocycles. The zero-order valence-corrected chi connectivity index (χ0v) is 10.3. The summed E-state index contributed by atoms with van der Waals surface area (Å²) < 4.78 is 14.0. The predicted octanol–water partition coefficient (Wildman–Crippen LogP) is 3.24. The molecule has 1 heterocycles. The Kier molecular flexibility index (Phi) is 3.30. The Morgan fingerprint density at radius 2 is 1.94 bits per heavy atom. The van der Waals surface area contributed by atoms with Crippen molar-refractivity contribution in [2.24, 2.45) is 0 Å². The second-order valence-electron chi connectivity index (χ2n) is 3.87. The fourth-order valence-electron chi connectivity index (χ4n) is 1.56. The Morgan fingerprint density at radius 1 is 1.33 bits per heavy atom. The molecule has 2 N–H and O–H groups in total. The van der Waals surface area contributed by atoms with Crippen molar-refractivity contribution >= 4 is 23.6 Å². The van der Waals surface area contributed by atoms with E-state index in [0.29, 0.717) is 11.8 Å². The molecule has 0 saturated carbocycles. The SMILES string of the molecule is Cc1ccc(-c2nc(C=O)c(Cl)c(N)c2F)cc1. The van der Waals surface area contributed by atoms with Crippen LogP contribution in [-0.2, 0) is 0 Å². The van der Waals surface area contributed by atoms with Crippen molar-refractivity contribution in [3.05, 3.63) is 46.4 Å². The molecule has 0 radical (unpaired) electrons. The van der Waals surface area contributed by atoms with Gasteiger partial charge >= 0.3 is 0 Å². The molecular weight excluding hydrogens is 255 g/mol. The van der Waals surface area contributed by atoms with Gasteiger partial charge in [-0.2, -0.15) is 0 Å². The van der Waals surface area contributed by atoms with Gasteiger partial charge in [0.05, 0.1) is 10.7 Å². The van der Waals surface area contributed by atoms with Gasteiger partial charge in [-0.05, 0) is 6.92 Å². The van der Waals surface area contributed by atoms with Gasteiger partial charge in [-0.25, -0.2) is 9.37 Å². The normalized spacial score (nSPS) is 10.4. The number of rotatable bonds is 2. The van der Waals surface area contributed by atoms with Crippen LogP contribution >= 0.6 is 11.6 Å². The van der Waals surface area contributed by atoms with Gasteiger partial charge in [-0.1, -0.05) is 41.4 Å². The molecule has 0 aliphatic carbocycles. The van der Waals surface area contributed by atoms with Gasteiger partial charge in [0.2, 0.25) is 0 Å². The van der Waals surface area contributed by atoms with E-state index < -0.39 is 5.82 Å². The van der Waals surface area contributed by atoms with Crippen molar-refractivity contribution in [2.75, 3.05) is 5.73 Å². The van der Waals surface area contributed by atoms with Gasteiger partial charge in [-0.3, -0.25) is 4.79 Å². The quantitative estimate of drug-likeness (QED) is 0.847. The van der Waals surface area contributed by atoms with E-state index in [1.54, 1.807) is 12.1 Å². The lowest BCUT2D eigenvalue weighted by molar-refractivity contribution is 0.111. The maximum absolute atomic E-state index is 14.0. The highest BCUT2D eigenvalue weighted by molar-refractivity contribution is 6.35. The molecule has 0 unspecified atom stereocenters. The molecule has 0 fully saturated rings. The Bertz CT molecular complexity index is 611. The maximum Gasteiger partial charge on any atom is 0.173 e. The summed E-state index contributed by atoms with van der Waals surface area (Å²) in [6, 6.07) is 7.06. The van der Waals surface area contributed by atoms with Crippen molar-refractivity contribution in [3.8, 4) is 11.3 Å². The standard InChI is InChI=1S/C13H10ClFN2O/c1-7-2-4-8(5-3-7)13-11(15)12(16)10(14)9(6-18)17-13/h2-6H,1H3,(H2,16,17). The first kappa shape index (κ1) is 12.5. The molecule has 0 saturated heterocycles. The van der Waals surface area contributed by atoms with Gasteiger partial charge in [-0.15, -0.1) is 0 Å². The Hall–Kier alpha value is -1.94. The summed E-state index contributed by atoms with van der Waals surface area (Å²) in [5.74, 6) is -0.713. The highest BCUT2D eigenvalue weighted by atomic mass is 35.5. The summed E-state index contributed by atoms with van der Waals surface area (Å²) in [4.78, 5) is 14.7. The van der Waals surface area contributed by atoms with Crippen molar-refractivity contribution in [1.29, 1.82) is 0 Å². The first-order chi connectivity index (χ1) is 8.54. The first-order valence-corrected chi connectivity index (χ1v) is 5.59. The van der Waals surface area contributed by atoms with Crippen molar-refractivity contribution in [1.82, 2.24) is 4.98 Å². The number of anilines is 1. The number of aromatic nitrogens is 1. The molecule has 0 amide bonds. The lowest BCUT2D eigenvalue weighted by atomic mass is 10.1. The molecule has 0 bridgehead atoms. The number of benzene rings is 1. The molecule has 0 aliphatic rings. The lowest BCUT2D eigenvalue weighted by Crippen LogP contribution is -2.02. The summed E-state index contributed by atoms with van der Waals surface area (Å²) in [5.41, 5.74) is 6.81. The summed E-state index contributed by atoms with van der Waals surface area (Å²) in [5, 5.41) is -0.154. The van der Waals surface area contributed by atoms with Crippen LogP contribution in [0, 0.1) is 12.7 Å². The topological polar surface area (TPSA) is 56.0 Å². The first-order valence-electron chi connectivity index (χ1n) is 5.21. The smallest absolute Gasteiger partial charge is 0.173 e. The van der Waals surface area contributed by atoms with Crippen LogP contribution in [0.15, 0.2) is 24.3 Å². The largest absolute Gasteiger partial charge is 0.395 e. The fourth-order valence-corrected chi connectivity index (χ4v) is 1.73. The van der Waals surface area contributed by atoms with Crippen LogP contribution in [0.5, 0.6) is 0 Å². The molecule has 2 aromatic rings. The Balaban J connectivity index is 2.67. The number of aldehydes is 1. The number of nitrogen functional groups attached to an aromatic ring is 1. The molecular formula is C13H10ClFN2O. The molecule has 18 heavy (non-hydrogen) atoms. The van der Waals surface area contributed by atoms with Crippen LogP contribution in [-0.4, -0.2) is 11.3 Å². The van der Waals surface area contributed by atoms with Crippen molar-refractivity contribution < 1.29 is 9.18 Å². The summed E-state index contributed by atoms with van der Waals surface area (Å²) in [6.07, 6.45) is 0.454. The van der Waals surface area contributed by atoms with Gasteiger partial charge < -0.3 is 5.73 Å². The molecule has 2 rings (SSSR count). The number of pyridine rings is 1. The number of carbonyl (C=O) groups excluding carboxylic acids is 1. The van der Waals surface area contributed by atoms with Gasteiger partial charge in [0.1, 0.15) is 11.4 Å². The van der Waals surface area contributed by atoms with E-state index in [2.05, 4.69) is 4.98 Å². The Morgan fingerprint density at radius 3 is 2.50 bits per heavy atom. The molecule has 0 atom stereocenters. The summed E-state index contributed by atoms with van der Waals surface area (Å²) >= 11 is 5.72. The number of nitrogens with zero attached hydrogens (tertiary/aromatic N) is 1. The number of carbonyl (C=O) groups is 1. The predicted molar refractivity (Wildman–Crippen MR) is 69.2 cm³/mol. The second kappa shape index (κ2) is 4.74. The van der Waals surface area contributed by atoms with Gasteiger partial charge in [0, 0.05) is 5.56 Å². The second-order valence-corrected chi connectivity index (χ2v) is 4.25. The van der Waals surface area contributed by atoms with Crippen LogP contribution in [0.1, 0.15) is 16.1 Å². The van der Waals surface area contributed by atoms with Crippen molar-refractivity contribution in [3.63, 3.8) is 0 Å². The van der Waals surface area contributed by atoms with Crippen LogP contribution < -0.4 is 5.73 Å². The van der Waals surface area contributed by atoms with Gasteiger partial charge in [0.25, 0.3) is 0 Å². The Labute approximate surface area is 108 Å². The van der Waals surface area contributed by atoms with Crippen LogP contribution in [0.25, 0.3) is 11.3 Å². The molecule has 5 heteroatoms. The van der Waals surface area contributed by atoms with E-state index in [4.69, 9.17) is 17.3 Å². The van der Waals surface area contributed by atoms with Crippen LogP contribution in [0.4, 0.5) is 10.1 Å². The number of halogens is 2. The number of nitrogens with two attached hydrogens (primary N) is 1. The molecule has 0 spiro atoms. The third kappa shape index (κ3) is 2.07. The number of hydrogen-bond acceptors (Lipinski definition) is 3. The zero-order chi connectivity index (χ0) is 13.3. The highest BCUT2D eigenvalue weighted by Gasteiger charge is 2.17. The zero-order valence-electron chi connectivity index (χ0n) is 9.58. The maximum atomic E-state index is 14.0. The minimum Gasteiger partial charge on any atom is -0.395 e. The van der Waals surface area contributed by atoms with E-state index in [9.17, 15) is 9.18 Å².